The van der Waals surface area contributed by atoms with Gasteiger partial charge in [0.1, 0.15) is 23.5 Å². The first-order valence-electron chi connectivity index (χ1n) is 12.0. The van der Waals surface area contributed by atoms with Gasteiger partial charge in [0.05, 0.1) is 30.0 Å². The summed E-state index contributed by atoms with van der Waals surface area (Å²) in [5, 5.41) is 12.3. The van der Waals surface area contributed by atoms with Gasteiger partial charge in [0.2, 0.25) is 15.9 Å². The number of esters is 1. The average molecular weight is 556 g/mol. The minimum Gasteiger partial charge on any atom is -0.497 e. The van der Waals surface area contributed by atoms with Crippen LogP contribution in [0.3, 0.4) is 0 Å². The van der Waals surface area contributed by atoms with Crippen molar-refractivity contribution in [1.29, 1.82) is 5.26 Å². The predicted octanol–water partition coefficient (Wildman–Crippen LogP) is 3.82. The third-order valence-electron chi connectivity index (χ3n) is 6.14. The third-order valence-corrected chi connectivity index (χ3v) is 8.50. The van der Waals surface area contributed by atoms with Crippen molar-refractivity contribution in [3.05, 3.63) is 58.3 Å². The number of hydrogen-bond acceptors (Lipinski definition) is 8. The Morgan fingerprint density at radius 2 is 1.95 bits per heavy atom. The van der Waals surface area contributed by atoms with Crippen molar-refractivity contribution in [3.8, 4) is 11.8 Å². The van der Waals surface area contributed by atoms with E-state index >= 15 is 0 Å². The molecule has 0 saturated carbocycles. The molecule has 1 fully saturated rings. The van der Waals surface area contributed by atoms with E-state index < -0.39 is 33.6 Å². The summed E-state index contributed by atoms with van der Waals surface area (Å²) >= 11 is 1.37. The minimum absolute atomic E-state index is 0.0447. The largest absolute Gasteiger partial charge is 0.497 e. The number of rotatable bonds is 8. The number of thiophene rings is 1. The standard InChI is InChI=1S/C27H29N3O6S2/c1-27(2,3)36-26(32)24(23-9-10-30(25(23)31)15-21-11-17(14-28)16-37-21)29-38(33,34)22-8-6-18-5-7-20(35-4)12-19(18)13-22/h5-8,11-13,16,23-24,29H,9-10,15H2,1-4H3/t23-,24?/m0/s1. The second-order valence-electron chi connectivity index (χ2n) is 10.1. The maximum atomic E-state index is 13.5. The predicted molar refractivity (Wildman–Crippen MR) is 143 cm³/mol. The molecule has 1 aromatic heterocycles. The Morgan fingerprint density at radius 3 is 2.61 bits per heavy atom. The highest BCUT2D eigenvalue weighted by Crippen LogP contribution is 2.29. The lowest BCUT2D eigenvalue weighted by Gasteiger charge is -2.27. The average Bonchev–Trinajstić information content (AvgIpc) is 3.47. The SMILES string of the molecule is COc1ccc2ccc(S(=O)(=O)NC(C(=O)OC(C)(C)C)[C@@H]3CCN(Cc4cc(C#N)cs4)C3=O)cc2c1. The number of methoxy groups -OCH3 is 1. The molecule has 2 heterocycles. The van der Waals surface area contributed by atoms with E-state index in [1.165, 1.54) is 30.6 Å². The molecule has 0 aliphatic carbocycles. The first-order valence-corrected chi connectivity index (χ1v) is 14.4. The van der Waals surface area contributed by atoms with E-state index in [0.717, 1.165) is 10.3 Å². The van der Waals surface area contributed by atoms with Gasteiger partial charge in [-0.15, -0.1) is 11.3 Å². The van der Waals surface area contributed by atoms with E-state index in [9.17, 15) is 18.0 Å². The molecule has 1 aliphatic heterocycles. The fourth-order valence-corrected chi connectivity index (χ4v) is 6.42. The Morgan fingerprint density at radius 1 is 1.21 bits per heavy atom. The Kier molecular flexibility index (Phi) is 7.78. The number of carbonyl (C=O) groups excluding carboxylic acids is 2. The van der Waals surface area contributed by atoms with Crippen molar-refractivity contribution in [2.75, 3.05) is 13.7 Å². The normalized spacial score (nSPS) is 16.9. The molecule has 4 rings (SSSR count). The van der Waals surface area contributed by atoms with Gasteiger partial charge < -0.3 is 14.4 Å². The van der Waals surface area contributed by atoms with Crippen LogP contribution in [0.5, 0.6) is 5.75 Å². The molecule has 0 radical (unpaired) electrons. The number of likely N-dealkylation sites (tertiary alicyclic amines) is 1. The Bertz CT molecular complexity index is 1520. The molecule has 1 aliphatic rings. The Balaban J connectivity index is 1.61. The maximum Gasteiger partial charge on any atom is 0.325 e. The highest BCUT2D eigenvalue weighted by molar-refractivity contribution is 7.89. The van der Waals surface area contributed by atoms with Crippen molar-refractivity contribution in [3.63, 3.8) is 0 Å². The highest BCUT2D eigenvalue weighted by Gasteiger charge is 2.44. The second kappa shape index (κ2) is 10.7. The monoisotopic (exact) mass is 555 g/mol. The van der Waals surface area contributed by atoms with Crippen molar-refractivity contribution >= 4 is 44.0 Å². The molecule has 9 nitrogen and oxygen atoms in total. The number of carbonyl (C=O) groups is 2. The number of nitrogens with one attached hydrogen (secondary N) is 1. The summed E-state index contributed by atoms with van der Waals surface area (Å²) in [5.41, 5.74) is -0.368. The zero-order valence-corrected chi connectivity index (χ0v) is 23.2. The third kappa shape index (κ3) is 6.15. The number of nitrogens with zero attached hydrogens (tertiary/aromatic N) is 2. The Hall–Kier alpha value is -3.46. The van der Waals surface area contributed by atoms with Gasteiger partial charge in [0.15, 0.2) is 0 Å². The van der Waals surface area contributed by atoms with E-state index in [4.69, 9.17) is 14.7 Å². The highest BCUT2D eigenvalue weighted by atomic mass is 32.2. The number of hydrogen-bond donors (Lipinski definition) is 1. The Labute approximate surface area is 226 Å². The van der Waals surface area contributed by atoms with Gasteiger partial charge in [-0.3, -0.25) is 9.59 Å². The lowest BCUT2D eigenvalue weighted by Crippen LogP contribution is -2.50. The number of fused-ring (bicyclic) bond motifs is 1. The first-order chi connectivity index (χ1) is 17.9. The van der Waals surface area contributed by atoms with Gasteiger partial charge in [0.25, 0.3) is 0 Å². The molecule has 1 N–H and O–H groups in total. The molecule has 11 heteroatoms. The van der Waals surface area contributed by atoms with Crippen LogP contribution in [0.15, 0.2) is 52.7 Å². The smallest absolute Gasteiger partial charge is 0.325 e. The summed E-state index contributed by atoms with van der Waals surface area (Å²) in [4.78, 5) is 29.0. The van der Waals surface area contributed by atoms with E-state index in [2.05, 4.69) is 10.8 Å². The molecule has 200 valence electrons. The fourth-order valence-electron chi connectivity index (χ4n) is 4.33. The summed E-state index contributed by atoms with van der Waals surface area (Å²) in [6, 6.07) is 12.3. The summed E-state index contributed by atoms with van der Waals surface area (Å²) in [7, 11) is -2.68. The molecule has 1 unspecified atom stereocenters. The maximum absolute atomic E-state index is 13.5. The van der Waals surface area contributed by atoms with Crippen LogP contribution < -0.4 is 9.46 Å². The molecule has 1 amide bonds. The quantitative estimate of drug-likeness (QED) is 0.419. The second-order valence-corrected chi connectivity index (χ2v) is 12.8. The number of benzene rings is 2. The van der Waals surface area contributed by atoms with Crippen molar-refractivity contribution < 1.29 is 27.5 Å². The number of nitriles is 1. The van der Waals surface area contributed by atoms with E-state index in [-0.39, 0.29) is 23.8 Å². The van der Waals surface area contributed by atoms with Crippen LogP contribution in [0.25, 0.3) is 10.8 Å². The molecule has 0 spiro atoms. The zero-order valence-electron chi connectivity index (χ0n) is 21.6. The van der Waals surface area contributed by atoms with Crippen LogP contribution in [-0.2, 0) is 30.9 Å². The summed E-state index contributed by atoms with van der Waals surface area (Å²) < 4.78 is 40.2. The van der Waals surface area contributed by atoms with Crippen LogP contribution in [0.2, 0.25) is 0 Å². The molecule has 3 aromatic rings. The number of ether oxygens (including phenoxy) is 2. The van der Waals surface area contributed by atoms with Crippen molar-refractivity contribution in [1.82, 2.24) is 9.62 Å². The van der Waals surface area contributed by atoms with Gasteiger partial charge in [-0.05, 0) is 68.3 Å². The number of sulfonamides is 1. The van der Waals surface area contributed by atoms with E-state index in [1.807, 2.05) is 6.07 Å². The van der Waals surface area contributed by atoms with Gasteiger partial charge in [-0.25, -0.2) is 8.42 Å². The first kappa shape index (κ1) is 27.6. The van der Waals surface area contributed by atoms with Crippen LogP contribution in [0, 0.1) is 17.2 Å². The number of amides is 1. The molecule has 38 heavy (non-hydrogen) atoms. The van der Waals surface area contributed by atoms with Crippen LogP contribution in [0.4, 0.5) is 0 Å². The van der Waals surface area contributed by atoms with Crippen LogP contribution >= 0.6 is 11.3 Å². The molecule has 2 atom stereocenters. The summed E-state index contributed by atoms with van der Waals surface area (Å²) in [6.07, 6.45) is 0.274. The van der Waals surface area contributed by atoms with E-state index in [0.29, 0.717) is 23.2 Å². The van der Waals surface area contributed by atoms with Crippen LogP contribution in [0.1, 0.15) is 37.6 Å². The zero-order chi connectivity index (χ0) is 27.7. The summed E-state index contributed by atoms with van der Waals surface area (Å²) in [5.74, 6) is -1.52. The van der Waals surface area contributed by atoms with E-state index in [1.54, 1.807) is 55.3 Å². The molecule has 1 saturated heterocycles. The molecular formula is C27H29N3O6S2. The van der Waals surface area contributed by atoms with Crippen molar-refractivity contribution in [2.24, 2.45) is 5.92 Å². The molecule has 2 aromatic carbocycles. The lowest BCUT2D eigenvalue weighted by molar-refractivity contribution is -0.160. The van der Waals surface area contributed by atoms with Gasteiger partial charge >= 0.3 is 5.97 Å². The van der Waals surface area contributed by atoms with Gasteiger partial charge in [-0.2, -0.15) is 9.98 Å². The topological polar surface area (TPSA) is 126 Å². The van der Waals surface area contributed by atoms with Gasteiger partial charge in [0, 0.05) is 16.8 Å². The fraction of sp³-hybridized carbons (Fsp3) is 0.370. The lowest BCUT2D eigenvalue weighted by atomic mass is 9.99. The molecule has 0 bridgehead atoms. The van der Waals surface area contributed by atoms with Crippen LogP contribution in [-0.4, -0.2) is 50.5 Å². The van der Waals surface area contributed by atoms with Crippen molar-refractivity contribution in [2.45, 2.75) is 50.3 Å². The minimum atomic E-state index is -4.20. The molecular weight excluding hydrogens is 526 g/mol. The van der Waals surface area contributed by atoms with Gasteiger partial charge in [-0.1, -0.05) is 12.1 Å². The summed E-state index contributed by atoms with van der Waals surface area (Å²) in [6.45, 7) is 5.67.